The fourth-order valence-electron chi connectivity index (χ4n) is 3.38. The van der Waals surface area contributed by atoms with Crippen LogP contribution in [0.2, 0.25) is 0 Å². The van der Waals surface area contributed by atoms with E-state index in [2.05, 4.69) is 4.98 Å². The lowest BCUT2D eigenvalue weighted by atomic mass is 10.00. The number of nitrogens with two attached hydrogens (primary N) is 1. The summed E-state index contributed by atoms with van der Waals surface area (Å²) >= 11 is 0. The quantitative estimate of drug-likeness (QED) is 0.699. The summed E-state index contributed by atoms with van der Waals surface area (Å²) in [6.07, 6.45) is -0.276. The number of pyridine rings is 1. The lowest BCUT2D eigenvalue weighted by molar-refractivity contribution is -0.0143. The highest BCUT2D eigenvalue weighted by molar-refractivity contribution is 5.96. The summed E-state index contributed by atoms with van der Waals surface area (Å²) in [6, 6.07) is 15.2. The fourth-order valence-corrected chi connectivity index (χ4v) is 3.38. The maximum Gasteiger partial charge on any atom is 0.337 e. The Morgan fingerprint density at radius 2 is 2.07 bits per heavy atom. The molecule has 0 amide bonds. The van der Waals surface area contributed by atoms with Gasteiger partial charge in [-0.1, -0.05) is 30.3 Å². The molecule has 3 aromatic rings. The highest BCUT2D eigenvalue weighted by Gasteiger charge is 2.29. The van der Waals surface area contributed by atoms with Gasteiger partial charge in [-0.2, -0.15) is 0 Å². The van der Waals surface area contributed by atoms with Crippen LogP contribution in [0.1, 0.15) is 33.2 Å². The standard InChI is InChI=1S/C21H20N2O4/c1-25-21(24)14-7-8-17-15(9-14)16-11-27-18(19(16)20(22)23-17)12-26-10-13-5-3-2-4-6-13/h2-9,18H,10-12H2,1H3,(H2,22,23). The Hall–Kier alpha value is -2.96. The first-order chi connectivity index (χ1) is 13.2. The number of aromatic nitrogens is 1. The molecule has 1 aliphatic heterocycles. The summed E-state index contributed by atoms with van der Waals surface area (Å²) in [4.78, 5) is 16.3. The molecule has 0 spiro atoms. The van der Waals surface area contributed by atoms with Crippen LogP contribution in [0.3, 0.4) is 0 Å². The summed E-state index contributed by atoms with van der Waals surface area (Å²) in [6.45, 7) is 1.29. The molecular weight excluding hydrogens is 344 g/mol. The van der Waals surface area contributed by atoms with Crippen LogP contribution in [0.25, 0.3) is 10.9 Å². The molecule has 138 valence electrons. The molecule has 0 saturated heterocycles. The third-order valence-electron chi connectivity index (χ3n) is 4.72. The second-order valence-corrected chi connectivity index (χ2v) is 6.41. The SMILES string of the molecule is COC(=O)c1ccc2nc(N)c3c(c2c1)COC3COCc1ccccc1. The third-order valence-corrected chi connectivity index (χ3v) is 4.72. The van der Waals surface area contributed by atoms with Crippen LogP contribution in [-0.4, -0.2) is 24.7 Å². The second kappa shape index (κ2) is 7.34. The van der Waals surface area contributed by atoms with Gasteiger partial charge in [0.05, 0.1) is 38.0 Å². The molecule has 0 radical (unpaired) electrons. The molecule has 0 saturated carbocycles. The summed E-state index contributed by atoms with van der Waals surface area (Å²) in [5.74, 6) is 0.0539. The smallest absolute Gasteiger partial charge is 0.337 e. The van der Waals surface area contributed by atoms with Crippen LogP contribution in [0.4, 0.5) is 5.82 Å². The lowest BCUT2D eigenvalue weighted by Gasteiger charge is -2.14. The van der Waals surface area contributed by atoms with Crippen LogP contribution < -0.4 is 5.73 Å². The zero-order valence-electron chi connectivity index (χ0n) is 15.0. The molecule has 0 aliphatic carbocycles. The summed E-state index contributed by atoms with van der Waals surface area (Å²) in [5, 5.41) is 0.854. The van der Waals surface area contributed by atoms with Gasteiger partial charge in [-0.15, -0.1) is 0 Å². The van der Waals surface area contributed by atoms with E-state index in [4.69, 9.17) is 19.9 Å². The molecule has 2 heterocycles. The van der Waals surface area contributed by atoms with Crippen LogP contribution in [0, 0.1) is 0 Å². The van der Waals surface area contributed by atoms with Crippen molar-refractivity contribution in [2.24, 2.45) is 0 Å². The normalized spacial score (nSPS) is 15.7. The summed E-state index contributed by atoms with van der Waals surface area (Å²) in [5.41, 5.74) is 10.3. The number of carbonyl (C=O) groups excluding carboxylic acids is 1. The number of anilines is 1. The molecule has 27 heavy (non-hydrogen) atoms. The van der Waals surface area contributed by atoms with E-state index in [1.807, 2.05) is 30.3 Å². The van der Waals surface area contributed by atoms with Crippen molar-refractivity contribution in [3.8, 4) is 0 Å². The number of fused-ring (bicyclic) bond motifs is 3. The van der Waals surface area contributed by atoms with Crippen LogP contribution >= 0.6 is 0 Å². The first-order valence-electron chi connectivity index (χ1n) is 8.71. The molecule has 1 atom stereocenters. The fraction of sp³-hybridized carbons (Fsp3) is 0.238. The second-order valence-electron chi connectivity index (χ2n) is 6.41. The first kappa shape index (κ1) is 17.5. The molecule has 2 N–H and O–H groups in total. The number of benzene rings is 2. The molecule has 1 aromatic heterocycles. The summed E-state index contributed by atoms with van der Waals surface area (Å²) in [7, 11) is 1.36. The Morgan fingerprint density at radius 1 is 1.26 bits per heavy atom. The topological polar surface area (TPSA) is 83.7 Å². The number of hydrogen-bond donors (Lipinski definition) is 1. The van der Waals surface area contributed by atoms with E-state index in [0.717, 1.165) is 27.6 Å². The summed E-state index contributed by atoms with van der Waals surface area (Å²) < 4.78 is 16.5. The van der Waals surface area contributed by atoms with E-state index < -0.39 is 0 Å². The first-order valence-corrected chi connectivity index (χ1v) is 8.71. The Labute approximate surface area is 156 Å². The minimum Gasteiger partial charge on any atom is -0.465 e. The average molecular weight is 364 g/mol. The number of hydrogen-bond acceptors (Lipinski definition) is 6. The van der Waals surface area contributed by atoms with Gasteiger partial charge in [0.1, 0.15) is 11.9 Å². The number of ether oxygens (including phenoxy) is 3. The maximum atomic E-state index is 11.8. The lowest BCUT2D eigenvalue weighted by Crippen LogP contribution is -2.10. The molecule has 1 unspecified atom stereocenters. The molecule has 4 rings (SSSR count). The van der Waals surface area contributed by atoms with E-state index in [1.54, 1.807) is 18.2 Å². The molecule has 0 bridgehead atoms. The van der Waals surface area contributed by atoms with Gasteiger partial charge in [0.15, 0.2) is 0 Å². The minimum atomic E-state index is -0.385. The Morgan fingerprint density at radius 3 is 2.85 bits per heavy atom. The zero-order chi connectivity index (χ0) is 18.8. The zero-order valence-corrected chi connectivity index (χ0v) is 15.0. The minimum absolute atomic E-state index is 0.276. The molecule has 6 heteroatoms. The monoisotopic (exact) mass is 364 g/mol. The predicted molar refractivity (Wildman–Crippen MR) is 101 cm³/mol. The van der Waals surface area contributed by atoms with Gasteiger partial charge in [-0.05, 0) is 29.3 Å². The van der Waals surface area contributed by atoms with Crippen molar-refractivity contribution in [1.82, 2.24) is 4.98 Å². The molecule has 0 fully saturated rings. The maximum absolute atomic E-state index is 11.8. The number of nitrogens with zero attached hydrogens (tertiary/aromatic N) is 1. The van der Waals surface area contributed by atoms with E-state index in [1.165, 1.54) is 7.11 Å². The number of esters is 1. The van der Waals surface area contributed by atoms with Crippen molar-refractivity contribution in [2.75, 3.05) is 19.5 Å². The van der Waals surface area contributed by atoms with E-state index in [-0.39, 0.29) is 12.1 Å². The van der Waals surface area contributed by atoms with Crippen molar-refractivity contribution in [2.45, 2.75) is 19.3 Å². The highest BCUT2D eigenvalue weighted by Crippen LogP contribution is 2.38. The Kier molecular flexibility index (Phi) is 4.75. The van der Waals surface area contributed by atoms with Gasteiger partial charge in [0, 0.05) is 10.9 Å². The number of methoxy groups -OCH3 is 1. The third kappa shape index (κ3) is 3.37. The van der Waals surface area contributed by atoms with Gasteiger partial charge in [-0.25, -0.2) is 9.78 Å². The van der Waals surface area contributed by atoms with Gasteiger partial charge >= 0.3 is 5.97 Å². The largest absolute Gasteiger partial charge is 0.465 e. The molecule has 1 aliphatic rings. The molecular formula is C21H20N2O4. The number of rotatable bonds is 5. The van der Waals surface area contributed by atoms with Crippen LogP contribution in [0.5, 0.6) is 0 Å². The predicted octanol–water partition coefficient (Wildman–Crippen LogP) is 3.39. The van der Waals surface area contributed by atoms with Gasteiger partial charge < -0.3 is 19.9 Å². The van der Waals surface area contributed by atoms with E-state index >= 15 is 0 Å². The van der Waals surface area contributed by atoms with E-state index in [9.17, 15) is 4.79 Å². The molecule has 6 nitrogen and oxygen atoms in total. The van der Waals surface area contributed by atoms with Crippen LogP contribution in [-0.2, 0) is 27.4 Å². The van der Waals surface area contributed by atoms with Crippen molar-refractivity contribution >= 4 is 22.7 Å². The number of carbonyl (C=O) groups is 1. The van der Waals surface area contributed by atoms with Gasteiger partial charge in [-0.3, -0.25) is 0 Å². The van der Waals surface area contributed by atoms with Crippen LogP contribution in [0.15, 0.2) is 48.5 Å². The van der Waals surface area contributed by atoms with Gasteiger partial charge in [0.2, 0.25) is 0 Å². The van der Waals surface area contributed by atoms with Crippen molar-refractivity contribution in [3.05, 3.63) is 70.8 Å². The molecule has 2 aromatic carbocycles. The average Bonchev–Trinajstić information content (AvgIpc) is 3.13. The Bertz CT molecular complexity index is 988. The highest BCUT2D eigenvalue weighted by atomic mass is 16.5. The van der Waals surface area contributed by atoms with Gasteiger partial charge in [0.25, 0.3) is 0 Å². The van der Waals surface area contributed by atoms with Crippen molar-refractivity contribution in [1.29, 1.82) is 0 Å². The Balaban J connectivity index is 1.60. The van der Waals surface area contributed by atoms with E-state index in [0.29, 0.717) is 31.2 Å². The number of nitrogen functional groups attached to an aromatic ring is 1. The van der Waals surface area contributed by atoms with Crippen molar-refractivity contribution in [3.63, 3.8) is 0 Å². The van der Waals surface area contributed by atoms with Crippen molar-refractivity contribution < 1.29 is 19.0 Å².